The largest absolute Gasteiger partial charge is 0.311 e. The number of amides is 1. The Morgan fingerprint density at radius 2 is 1.94 bits per heavy atom. The molecule has 0 saturated carbocycles. The average molecular weight is 213 g/mol. The van der Waals surface area contributed by atoms with Crippen LogP contribution in [0.3, 0.4) is 0 Å². The maximum absolute atomic E-state index is 12.0. The molecule has 0 saturated heterocycles. The lowest BCUT2D eigenvalue weighted by atomic mass is 10.1. The van der Waals surface area contributed by atoms with E-state index >= 15 is 0 Å². The van der Waals surface area contributed by atoms with Crippen LogP contribution in [-0.2, 0) is 4.79 Å². The van der Waals surface area contributed by atoms with Crippen molar-refractivity contribution in [2.24, 2.45) is 0 Å². The van der Waals surface area contributed by atoms with Crippen LogP contribution in [0, 0.1) is 0 Å². The Hall–Kier alpha value is -1.83. The van der Waals surface area contributed by atoms with Crippen molar-refractivity contribution in [3.8, 4) is 0 Å². The molecule has 0 unspecified atom stereocenters. The Bertz CT molecular complexity index is 493. The van der Waals surface area contributed by atoms with Gasteiger partial charge in [0.1, 0.15) is 0 Å². The summed E-state index contributed by atoms with van der Waals surface area (Å²) in [6.07, 6.45) is 3.88. The van der Waals surface area contributed by atoms with Gasteiger partial charge >= 0.3 is 0 Å². The maximum atomic E-state index is 12.0. The molecule has 2 nitrogen and oxygen atoms in total. The molecule has 16 heavy (non-hydrogen) atoms. The van der Waals surface area contributed by atoms with Gasteiger partial charge in [-0.2, -0.15) is 0 Å². The highest BCUT2D eigenvalue weighted by Gasteiger charge is 2.28. The topological polar surface area (TPSA) is 20.3 Å². The number of benzene rings is 1. The second-order valence-corrected chi connectivity index (χ2v) is 4.21. The number of carbonyl (C=O) groups is 1. The van der Waals surface area contributed by atoms with E-state index in [-0.39, 0.29) is 5.91 Å². The van der Waals surface area contributed by atoms with Crippen LogP contribution in [0.15, 0.2) is 42.0 Å². The number of allylic oxidation sites excluding steroid dienone is 3. The van der Waals surface area contributed by atoms with E-state index in [4.69, 9.17) is 0 Å². The zero-order valence-corrected chi connectivity index (χ0v) is 9.82. The fourth-order valence-corrected chi connectivity index (χ4v) is 1.81. The van der Waals surface area contributed by atoms with Crippen LogP contribution in [0.25, 0.3) is 5.57 Å². The highest BCUT2D eigenvalue weighted by atomic mass is 16.2. The van der Waals surface area contributed by atoms with Crippen LogP contribution in [0.1, 0.15) is 19.4 Å². The highest BCUT2D eigenvalue weighted by Crippen LogP contribution is 2.35. The summed E-state index contributed by atoms with van der Waals surface area (Å²) in [6.45, 7) is 4.04. The predicted octanol–water partition coefficient (Wildman–Crippen LogP) is 3.01. The number of rotatable bonds is 1. The quantitative estimate of drug-likeness (QED) is 0.657. The molecule has 1 heterocycles. The summed E-state index contributed by atoms with van der Waals surface area (Å²) in [5.41, 5.74) is 3.97. The molecule has 0 bridgehead atoms. The normalized spacial score (nSPS) is 16.6. The number of anilines is 1. The summed E-state index contributed by atoms with van der Waals surface area (Å²) in [6, 6.07) is 7.87. The van der Waals surface area contributed by atoms with Crippen molar-refractivity contribution in [3.63, 3.8) is 0 Å². The monoisotopic (exact) mass is 213 g/mol. The van der Waals surface area contributed by atoms with Crippen molar-refractivity contribution >= 4 is 17.2 Å². The molecule has 0 fully saturated rings. The van der Waals surface area contributed by atoms with E-state index in [2.05, 4.69) is 0 Å². The first kappa shape index (κ1) is 10.7. The molecular formula is C14H15NO. The minimum absolute atomic E-state index is 0.0682. The van der Waals surface area contributed by atoms with Crippen LogP contribution < -0.4 is 4.90 Å². The number of fused-ring (bicyclic) bond motifs is 1. The Kier molecular flexibility index (Phi) is 2.65. The second-order valence-electron chi connectivity index (χ2n) is 4.21. The molecule has 82 valence electrons. The van der Waals surface area contributed by atoms with Crippen LogP contribution in [0.5, 0.6) is 0 Å². The second kappa shape index (κ2) is 3.97. The molecule has 2 rings (SSSR count). The zero-order valence-electron chi connectivity index (χ0n) is 9.82. The first-order valence-corrected chi connectivity index (χ1v) is 5.34. The lowest BCUT2D eigenvalue weighted by molar-refractivity contribution is -0.112. The van der Waals surface area contributed by atoms with E-state index in [1.165, 1.54) is 5.57 Å². The number of carbonyl (C=O) groups excluding carboxylic acids is 1. The predicted molar refractivity (Wildman–Crippen MR) is 67.3 cm³/mol. The molecule has 0 atom stereocenters. The number of hydrogen-bond donors (Lipinski definition) is 0. The molecule has 1 amide bonds. The van der Waals surface area contributed by atoms with Gasteiger partial charge in [0.25, 0.3) is 5.91 Å². The molecule has 0 radical (unpaired) electrons. The van der Waals surface area contributed by atoms with Gasteiger partial charge in [0.05, 0.1) is 5.69 Å². The molecule has 0 aromatic heterocycles. The third-order valence-electron chi connectivity index (χ3n) is 2.67. The number of nitrogens with zero attached hydrogens (tertiary/aromatic N) is 1. The summed E-state index contributed by atoms with van der Waals surface area (Å²) in [5, 5.41) is 0. The first-order chi connectivity index (χ1) is 7.61. The van der Waals surface area contributed by atoms with Crippen LogP contribution in [0.2, 0.25) is 0 Å². The van der Waals surface area contributed by atoms with E-state index in [1.54, 1.807) is 4.90 Å². The van der Waals surface area contributed by atoms with Gasteiger partial charge in [-0.1, -0.05) is 29.8 Å². The summed E-state index contributed by atoms with van der Waals surface area (Å²) >= 11 is 0. The van der Waals surface area contributed by atoms with Crippen LogP contribution >= 0.6 is 0 Å². The molecule has 1 aromatic carbocycles. The molecule has 0 aliphatic carbocycles. The third kappa shape index (κ3) is 1.67. The van der Waals surface area contributed by atoms with Crippen molar-refractivity contribution < 1.29 is 4.79 Å². The molecule has 0 N–H and O–H groups in total. The lowest BCUT2D eigenvalue weighted by Gasteiger charge is -2.07. The van der Waals surface area contributed by atoms with Gasteiger partial charge in [-0.05, 0) is 26.0 Å². The minimum atomic E-state index is 0.0682. The van der Waals surface area contributed by atoms with Gasteiger partial charge in [0, 0.05) is 18.2 Å². The van der Waals surface area contributed by atoms with E-state index in [0.717, 1.165) is 16.8 Å². The molecule has 2 heteroatoms. The van der Waals surface area contributed by atoms with E-state index in [1.807, 2.05) is 57.3 Å². The van der Waals surface area contributed by atoms with Crippen molar-refractivity contribution in [1.29, 1.82) is 0 Å². The maximum Gasteiger partial charge on any atom is 0.258 e. The highest BCUT2D eigenvalue weighted by molar-refractivity contribution is 6.32. The smallest absolute Gasteiger partial charge is 0.258 e. The fourth-order valence-electron chi connectivity index (χ4n) is 1.81. The van der Waals surface area contributed by atoms with Crippen LogP contribution in [-0.4, -0.2) is 13.0 Å². The van der Waals surface area contributed by atoms with Crippen molar-refractivity contribution in [1.82, 2.24) is 0 Å². The van der Waals surface area contributed by atoms with Gasteiger partial charge in [-0.25, -0.2) is 0 Å². The number of likely N-dealkylation sites (N-methyl/N-ethyl adjacent to an activating group) is 1. The fraction of sp³-hybridized carbons (Fsp3) is 0.214. The van der Waals surface area contributed by atoms with Gasteiger partial charge in [-0.15, -0.1) is 0 Å². The summed E-state index contributed by atoms with van der Waals surface area (Å²) in [7, 11) is 1.81. The Morgan fingerprint density at radius 3 is 2.62 bits per heavy atom. The van der Waals surface area contributed by atoms with E-state index in [0.29, 0.717) is 0 Å². The SMILES string of the molecule is CC(C)=C/C=C1/C(=O)N(C)c2ccccc21. The molecule has 1 aliphatic rings. The summed E-state index contributed by atoms with van der Waals surface area (Å²) < 4.78 is 0. The van der Waals surface area contributed by atoms with Gasteiger partial charge < -0.3 is 4.90 Å². The van der Waals surface area contributed by atoms with Gasteiger partial charge in [0.15, 0.2) is 0 Å². The van der Waals surface area contributed by atoms with E-state index in [9.17, 15) is 4.79 Å². The van der Waals surface area contributed by atoms with Gasteiger partial charge in [0.2, 0.25) is 0 Å². The summed E-state index contributed by atoms with van der Waals surface area (Å²) in [5.74, 6) is 0.0682. The number of hydrogen-bond acceptors (Lipinski definition) is 1. The average Bonchev–Trinajstić information content (AvgIpc) is 2.50. The Balaban J connectivity index is 2.53. The van der Waals surface area contributed by atoms with Crippen molar-refractivity contribution in [3.05, 3.63) is 47.6 Å². The first-order valence-electron chi connectivity index (χ1n) is 5.34. The van der Waals surface area contributed by atoms with E-state index < -0.39 is 0 Å². The summed E-state index contributed by atoms with van der Waals surface area (Å²) in [4.78, 5) is 13.7. The van der Waals surface area contributed by atoms with Crippen molar-refractivity contribution in [2.45, 2.75) is 13.8 Å². The molecule has 1 aromatic rings. The zero-order chi connectivity index (χ0) is 11.7. The molecule has 1 aliphatic heterocycles. The van der Waals surface area contributed by atoms with Gasteiger partial charge in [-0.3, -0.25) is 4.79 Å². The minimum Gasteiger partial charge on any atom is -0.311 e. The third-order valence-corrected chi connectivity index (χ3v) is 2.67. The standard InChI is InChI=1S/C14H15NO/c1-10(2)8-9-12-11-6-4-5-7-13(11)15(3)14(12)16/h4-9H,1-3H3/b12-9+. The van der Waals surface area contributed by atoms with Crippen LogP contribution in [0.4, 0.5) is 5.69 Å². The number of para-hydroxylation sites is 1. The Morgan fingerprint density at radius 1 is 1.25 bits per heavy atom. The molecular weight excluding hydrogens is 198 g/mol. The lowest BCUT2D eigenvalue weighted by Crippen LogP contribution is -2.20. The Labute approximate surface area is 95.9 Å². The molecule has 0 spiro atoms. The van der Waals surface area contributed by atoms with Crippen molar-refractivity contribution in [2.75, 3.05) is 11.9 Å².